The Balaban J connectivity index is 2.81. The molecule has 0 saturated heterocycles. The normalized spacial score (nSPS) is 12.1. The Morgan fingerprint density at radius 2 is 2.00 bits per heavy atom. The zero-order valence-electron chi connectivity index (χ0n) is 11.4. The van der Waals surface area contributed by atoms with Gasteiger partial charge in [-0.3, -0.25) is 0 Å². The fraction of sp³-hybridized carbons (Fsp3) is 0.500. The molecule has 1 aromatic rings. The van der Waals surface area contributed by atoms with E-state index in [1.165, 1.54) is 6.07 Å². The summed E-state index contributed by atoms with van der Waals surface area (Å²) in [5.41, 5.74) is 0.872. The summed E-state index contributed by atoms with van der Waals surface area (Å²) in [7, 11) is 2.09. The van der Waals surface area contributed by atoms with E-state index in [0.717, 1.165) is 5.56 Å². The molecule has 0 aromatic heterocycles. The van der Waals surface area contributed by atoms with Crippen molar-refractivity contribution in [2.24, 2.45) is 0 Å². The monoisotopic (exact) mass is 305 g/mol. The molecule has 0 heterocycles. The number of nitrogens with zero attached hydrogens (tertiary/aromatic N) is 1. The van der Waals surface area contributed by atoms with Crippen LogP contribution in [0, 0.1) is 0 Å². The van der Waals surface area contributed by atoms with Gasteiger partial charge in [0.1, 0.15) is 0 Å². The quantitative estimate of drug-likeness (QED) is 0.786. The van der Waals surface area contributed by atoms with Crippen LogP contribution in [0.15, 0.2) is 23.1 Å². The van der Waals surface area contributed by atoms with Gasteiger partial charge in [-0.2, -0.15) is 0 Å². The third-order valence-corrected chi connectivity index (χ3v) is 4.36. The summed E-state index contributed by atoms with van der Waals surface area (Å²) >= 11 is 6.06. The highest BCUT2D eigenvalue weighted by atomic mass is 35.5. The minimum Gasteiger partial charge on any atom is -0.316 e. The third-order valence-electron chi connectivity index (χ3n) is 2.55. The van der Waals surface area contributed by atoms with Gasteiger partial charge in [0.05, 0.1) is 4.90 Å². The zero-order valence-corrected chi connectivity index (χ0v) is 13.0. The van der Waals surface area contributed by atoms with Gasteiger partial charge >= 0.3 is 0 Å². The van der Waals surface area contributed by atoms with Crippen molar-refractivity contribution in [1.82, 2.24) is 14.9 Å². The highest BCUT2D eigenvalue weighted by molar-refractivity contribution is 7.89. The van der Waals surface area contributed by atoms with Crippen molar-refractivity contribution < 1.29 is 8.42 Å². The SMILES string of the molecule is CNCc1ccc(S(=O)(=O)NCCN(C)C)cc1Cl. The van der Waals surface area contributed by atoms with Gasteiger partial charge in [-0.05, 0) is 38.8 Å². The van der Waals surface area contributed by atoms with Crippen LogP contribution in [0.5, 0.6) is 0 Å². The Labute approximate surface area is 120 Å². The second kappa shape index (κ2) is 7.21. The minimum atomic E-state index is -3.49. The molecule has 0 bridgehead atoms. The van der Waals surface area contributed by atoms with Crippen molar-refractivity contribution in [2.45, 2.75) is 11.4 Å². The Kier molecular flexibility index (Phi) is 6.22. The lowest BCUT2D eigenvalue weighted by Gasteiger charge is -2.12. The van der Waals surface area contributed by atoms with Gasteiger partial charge in [0, 0.05) is 24.7 Å². The molecular weight excluding hydrogens is 286 g/mol. The van der Waals surface area contributed by atoms with Crippen molar-refractivity contribution in [3.63, 3.8) is 0 Å². The minimum absolute atomic E-state index is 0.191. The number of hydrogen-bond donors (Lipinski definition) is 2. The van der Waals surface area contributed by atoms with Gasteiger partial charge in [0.2, 0.25) is 10.0 Å². The molecule has 1 rings (SSSR count). The molecule has 1 aromatic carbocycles. The fourth-order valence-electron chi connectivity index (χ4n) is 1.52. The van der Waals surface area contributed by atoms with Crippen molar-refractivity contribution in [3.8, 4) is 0 Å². The van der Waals surface area contributed by atoms with E-state index < -0.39 is 10.0 Å². The maximum Gasteiger partial charge on any atom is 0.240 e. The van der Waals surface area contributed by atoms with Crippen LogP contribution >= 0.6 is 11.6 Å². The number of rotatable bonds is 7. The first-order chi connectivity index (χ1) is 8.86. The van der Waals surface area contributed by atoms with Crippen LogP contribution in [0.1, 0.15) is 5.56 Å². The highest BCUT2D eigenvalue weighted by Crippen LogP contribution is 2.20. The number of likely N-dealkylation sites (N-methyl/N-ethyl adjacent to an activating group) is 1. The van der Waals surface area contributed by atoms with Gasteiger partial charge < -0.3 is 10.2 Å². The number of sulfonamides is 1. The Hall–Kier alpha value is -0.660. The van der Waals surface area contributed by atoms with Gasteiger partial charge in [0.15, 0.2) is 0 Å². The molecule has 108 valence electrons. The van der Waals surface area contributed by atoms with Crippen LogP contribution in [0.3, 0.4) is 0 Å². The van der Waals surface area contributed by atoms with E-state index in [9.17, 15) is 8.42 Å². The molecule has 0 aliphatic carbocycles. The molecular formula is C12H20ClN3O2S. The summed E-state index contributed by atoms with van der Waals surface area (Å²) in [6, 6.07) is 4.77. The fourth-order valence-corrected chi connectivity index (χ4v) is 2.87. The van der Waals surface area contributed by atoms with E-state index in [1.54, 1.807) is 12.1 Å². The molecule has 0 fully saturated rings. The summed E-state index contributed by atoms with van der Waals surface area (Å²) in [6.07, 6.45) is 0. The van der Waals surface area contributed by atoms with Crippen molar-refractivity contribution in [2.75, 3.05) is 34.2 Å². The standard InChI is InChI=1S/C12H20ClN3O2S/c1-14-9-10-4-5-11(8-12(10)13)19(17,18)15-6-7-16(2)3/h4-5,8,14-15H,6-7,9H2,1-3H3. The average molecular weight is 306 g/mol. The molecule has 0 amide bonds. The lowest BCUT2D eigenvalue weighted by atomic mass is 10.2. The molecule has 0 unspecified atom stereocenters. The predicted octanol–water partition coefficient (Wildman–Crippen LogP) is 0.899. The molecule has 0 atom stereocenters. The molecule has 0 spiro atoms. The lowest BCUT2D eigenvalue weighted by Crippen LogP contribution is -2.31. The first kappa shape index (κ1) is 16.4. The number of hydrogen-bond acceptors (Lipinski definition) is 4. The van der Waals surface area contributed by atoms with Gasteiger partial charge in [-0.15, -0.1) is 0 Å². The summed E-state index contributed by atoms with van der Waals surface area (Å²) in [4.78, 5) is 2.10. The molecule has 2 N–H and O–H groups in total. The van der Waals surface area contributed by atoms with Crippen molar-refractivity contribution >= 4 is 21.6 Å². The molecule has 0 radical (unpaired) electrons. The van der Waals surface area contributed by atoms with Crippen LogP contribution in [-0.4, -0.2) is 47.6 Å². The molecule has 7 heteroatoms. The maximum atomic E-state index is 12.0. The highest BCUT2D eigenvalue weighted by Gasteiger charge is 2.15. The maximum absolute atomic E-state index is 12.0. The third kappa shape index (κ3) is 5.08. The lowest BCUT2D eigenvalue weighted by molar-refractivity contribution is 0.412. The first-order valence-corrected chi connectivity index (χ1v) is 7.80. The summed E-state index contributed by atoms with van der Waals surface area (Å²) < 4.78 is 26.6. The van der Waals surface area contributed by atoms with Gasteiger partial charge in [0.25, 0.3) is 0 Å². The predicted molar refractivity (Wildman–Crippen MR) is 78.0 cm³/mol. The van der Waals surface area contributed by atoms with Crippen LogP contribution in [-0.2, 0) is 16.6 Å². The number of halogens is 1. The molecule has 0 aliphatic rings. The van der Waals surface area contributed by atoms with E-state index in [4.69, 9.17) is 11.6 Å². The zero-order chi connectivity index (χ0) is 14.5. The van der Waals surface area contributed by atoms with Crippen LogP contribution in [0.25, 0.3) is 0 Å². The van der Waals surface area contributed by atoms with E-state index in [1.807, 2.05) is 26.0 Å². The van der Waals surface area contributed by atoms with Crippen LogP contribution in [0.2, 0.25) is 5.02 Å². The van der Waals surface area contributed by atoms with E-state index in [-0.39, 0.29) is 4.90 Å². The molecule has 19 heavy (non-hydrogen) atoms. The van der Waals surface area contributed by atoms with E-state index in [2.05, 4.69) is 10.0 Å². The van der Waals surface area contributed by atoms with Crippen molar-refractivity contribution in [3.05, 3.63) is 28.8 Å². The first-order valence-electron chi connectivity index (χ1n) is 5.94. The van der Waals surface area contributed by atoms with E-state index in [0.29, 0.717) is 24.7 Å². The Morgan fingerprint density at radius 3 is 2.53 bits per heavy atom. The molecule has 0 saturated carbocycles. The van der Waals surface area contributed by atoms with Crippen LogP contribution < -0.4 is 10.0 Å². The second-order valence-electron chi connectivity index (χ2n) is 4.48. The summed E-state index contributed by atoms with van der Waals surface area (Å²) in [5.74, 6) is 0. The Bertz CT molecular complexity index is 518. The summed E-state index contributed by atoms with van der Waals surface area (Å²) in [5, 5.41) is 3.42. The van der Waals surface area contributed by atoms with Crippen LogP contribution in [0.4, 0.5) is 0 Å². The average Bonchev–Trinajstić information content (AvgIpc) is 2.31. The number of nitrogens with one attached hydrogen (secondary N) is 2. The van der Waals surface area contributed by atoms with Gasteiger partial charge in [-0.1, -0.05) is 17.7 Å². The number of benzene rings is 1. The summed E-state index contributed by atoms with van der Waals surface area (Å²) in [6.45, 7) is 1.61. The largest absolute Gasteiger partial charge is 0.316 e. The van der Waals surface area contributed by atoms with Crippen molar-refractivity contribution in [1.29, 1.82) is 0 Å². The molecule has 0 aliphatic heterocycles. The smallest absolute Gasteiger partial charge is 0.240 e. The molecule has 5 nitrogen and oxygen atoms in total. The van der Waals surface area contributed by atoms with E-state index >= 15 is 0 Å². The van der Waals surface area contributed by atoms with Gasteiger partial charge in [-0.25, -0.2) is 13.1 Å². The Morgan fingerprint density at radius 1 is 1.32 bits per heavy atom. The topological polar surface area (TPSA) is 61.4 Å². The second-order valence-corrected chi connectivity index (χ2v) is 6.66.